The summed E-state index contributed by atoms with van der Waals surface area (Å²) in [6.07, 6.45) is 3.45. The van der Waals surface area contributed by atoms with E-state index in [0.29, 0.717) is 22.2 Å². The first-order valence-corrected chi connectivity index (χ1v) is 7.00. The lowest BCUT2D eigenvalue weighted by atomic mass is 10.1. The van der Waals surface area contributed by atoms with Gasteiger partial charge >= 0.3 is 0 Å². The molecular weight excluding hydrogens is 264 g/mol. The standard InChI is InChI=1S/C14H17ClN2O2/c15-9-3-4-11(16)10(7-9)14(18)17-12-5-6-19-13(12)8-1-2-8/h3-4,7-8,12-13H,1-2,5-6,16H2,(H,17,18). The van der Waals surface area contributed by atoms with Gasteiger partial charge in [0, 0.05) is 17.3 Å². The van der Waals surface area contributed by atoms with E-state index in [9.17, 15) is 4.79 Å². The van der Waals surface area contributed by atoms with E-state index in [0.717, 1.165) is 13.0 Å². The lowest BCUT2D eigenvalue weighted by Gasteiger charge is -2.20. The monoisotopic (exact) mass is 280 g/mol. The number of hydrogen-bond acceptors (Lipinski definition) is 3. The van der Waals surface area contributed by atoms with E-state index in [1.807, 2.05) is 0 Å². The molecule has 3 N–H and O–H groups in total. The van der Waals surface area contributed by atoms with Gasteiger partial charge in [-0.15, -0.1) is 0 Å². The summed E-state index contributed by atoms with van der Waals surface area (Å²) in [7, 11) is 0. The summed E-state index contributed by atoms with van der Waals surface area (Å²) < 4.78 is 5.71. The molecule has 0 bridgehead atoms. The smallest absolute Gasteiger partial charge is 0.253 e. The molecular formula is C14H17ClN2O2. The quantitative estimate of drug-likeness (QED) is 0.835. The van der Waals surface area contributed by atoms with Gasteiger partial charge in [0.15, 0.2) is 0 Å². The van der Waals surface area contributed by atoms with Crippen molar-refractivity contribution in [1.82, 2.24) is 5.32 Å². The predicted octanol–water partition coefficient (Wildman–Crippen LogP) is 2.22. The highest BCUT2D eigenvalue weighted by Crippen LogP contribution is 2.38. The fourth-order valence-corrected chi connectivity index (χ4v) is 2.80. The Morgan fingerprint density at radius 1 is 1.37 bits per heavy atom. The van der Waals surface area contributed by atoms with Gasteiger partial charge in [0.1, 0.15) is 0 Å². The summed E-state index contributed by atoms with van der Waals surface area (Å²) in [5, 5.41) is 3.55. The summed E-state index contributed by atoms with van der Waals surface area (Å²) in [6.45, 7) is 0.719. The van der Waals surface area contributed by atoms with Crippen LogP contribution in [0.2, 0.25) is 5.02 Å². The third kappa shape index (κ3) is 2.69. The van der Waals surface area contributed by atoms with Crippen LogP contribution in [0.15, 0.2) is 18.2 Å². The van der Waals surface area contributed by atoms with Crippen molar-refractivity contribution in [2.24, 2.45) is 5.92 Å². The molecule has 102 valence electrons. The lowest BCUT2D eigenvalue weighted by molar-refractivity contribution is 0.0730. The number of nitrogens with one attached hydrogen (secondary N) is 1. The van der Waals surface area contributed by atoms with E-state index >= 15 is 0 Å². The maximum atomic E-state index is 12.3. The van der Waals surface area contributed by atoms with Crippen molar-refractivity contribution in [1.29, 1.82) is 0 Å². The van der Waals surface area contributed by atoms with Gasteiger partial charge in [0.2, 0.25) is 0 Å². The van der Waals surface area contributed by atoms with Gasteiger partial charge < -0.3 is 15.8 Å². The average molecular weight is 281 g/mol. The molecule has 2 fully saturated rings. The Labute approximate surface area is 117 Å². The van der Waals surface area contributed by atoms with Crippen LogP contribution in [-0.4, -0.2) is 24.7 Å². The minimum Gasteiger partial charge on any atom is -0.398 e. The summed E-state index contributed by atoms with van der Waals surface area (Å²) in [5.41, 5.74) is 6.71. The number of hydrogen-bond donors (Lipinski definition) is 2. The Bertz CT molecular complexity index is 502. The van der Waals surface area contributed by atoms with Crippen molar-refractivity contribution in [3.05, 3.63) is 28.8 Å². The number of carbonyl (C=O) groups is 1. The number of nitrogens with two attached hydrogens (primary N) is 1. The van der Waals surface area contributed by atoms with Crippen LogP contribution in [0.25, 0.3) is 0 Å². The van der Waals surface area contributed by atoms with Gasteiger partial charge in [-0.2, -0.15) is 0 Å². The highest BCUT2D eigenvalue weighted by atomic mass is 35.5. The molecule has 5 heteroatoms. The van der Waals surface area contributed by atoms with E-state index in [1.54, 1.807) is 18.2 Å². The molecule has 2 aliphatic rings. The van der Waals surface area contributed by atoms with Crippen molar-refractivity contribution in [3.63, 3.8) is 0 Å². The average Bonchev–Trinajstić information content (AvgIpc) is 3.13. The summed E-state index contributed by atoms with van der Waals surface area (Å²) >= 11 is 5.91. The highest BCUT2D eigenvalue weighted by molar-refractivity contribution is 6.31. The zero-order valence-corrected chi connectivity index (χ0v) is 11.3. The molecule has 1 aromatic rings. The van der Waals surface area contributed by atoms with Gasteiger partial charge in [-0.3, -0.25) is 4.79 Å². The van der Waals surface area contributed by atoms with E-state index in [2.05, 4.69) is 5.32 Å². The predicted molar refractivity (Wildman–Crippen MR) is 74.2 cm³/mol. The van der Waals surface area contributed by atoms with E-state index < -0.39 is 0 Å². The van der Waals surface area contributed by atoms with Crippen molar-refractivity contribution in [2.45, 2.75) is 31.4 Å². The molecule has 0 radical (unpaired) electrons. The fourth-order valence-electron chi connectivity index (χ4n) is 2.63. The first kappa shape index (κ1) is 12.8. The lowest BCUT2D eigenvalue weighted by Crippen LogP contribution is -2.41. The zero-order valence-electron chi connectivity index (χ0n) is 10.6. The first-order chi connectivity index (χ1) is 9.15. The van der Waals surface area contributed by atoms with Gasteiger partial charge in [0.05, 0.1) is 17.7 Å². The first-order valence-electron chi connectivity index (χ1n) is 6.62. The SMILES string of the molecule is Nc1ccc(Cl)cc1C(=O)NC1CCOC1C1CC1. The van der Waals surface area contributed by atoms with Crippen LogP contribution in [0.4, 0.5) is 5.69 Å². The maximum absolute atomic E-state index is 12.3. The second kappa shape index (κ2) is 5.02. The largest absolute Gasteiger partial charge is 0.398 e. The summed E-state index contributed by atoms with van der Waals surface area (Å²) in [6, 6.07) is 5.03. The van der Waals surface area contributed by atoms with Gasteiger partial charge in [-0.25, -0.2) is 0 Å². The van der Waals surface area contributed by atoms with Gasteiger partial charge in [-0.1, -0.05) is 11.6 Å². The molecule has 0 aromatic heterocycles. The molecule has 2 unspecified atom stereocenters. The van der Waals surface area contributed by atoms with Crippen molar-refractivity contribution < 1.29 is 9.53 Å². The number of carbonyl (C=O) groups excluding carboxylic acids is 1. The summed E-state index contributed by atoms with van der Waals surface area (Å²) in [5.74, 6) is 0.450. The van der Waals surface area contributed by atoms with Crippen molar-refractivity contribution in [3.8, 4) is 0 Å². The molecule has 1 aliphatic carbocycles. The second-order valence-electron chi connectivity index (χ2n) is 5.27. The van der Waals surface area contributed by atoms with Crippen LogP contribution >= 0.6 is 11.6 Å². The number of benzene rings is 1. The van der Waals surface area contributed by atoms with E-state index in [1.165, 1.54) is 12.8 Å². The summed E-state index contributed by atoms with van der Waals surface area (Å²) in [4.78, 5) is 12.3. The number of ether oxygens (including phenoxy) is 1. The molecule has 2 atom stereocenters. The molecule has 1 aliphatic heterocycles. The molecule has 19 heavy (non-hydrogen) atoms. The molecule has 3 rings (SSSR count). The van der Waals surface area contributed by atoms with Crippen LogP contribution < -0.4 is 11.1 Å². The van der Waals surface area contributed by atoms with Crippen molar-refractivity contribution >= 4 is 23.2 Å². The molecule has 1 heterocycles. The minimum atomic E-state index is -0.166. The molecule has 1 amide bonds. The Kier molecular flexibility index (Phi) is 3.37. The third-order valence-corrected chi connectivity index (χ3v) is 4.03. The van der Waals surface area contributed by atoms with Gasteiger partial charge in [-0.05, 0) is 43.4 Å². The number of amides is 1. The van der Waals surface area contributed by atoms with Gasteiger partial charge in [0.25, 0.3) is 5.91 Å². The number of rotatable bonds is 3. The van der Waals surface area contributed by atoms with Crippen LogP contribution in [0.3, 0.4) is 0 Å². The molecule has 0 spiro atoms. The highest BCUT2D eigenvalue weighted by Gasteiger charge is 2.41. The Hall–Kier alpha value is -1.26. The molecule has 4 nitrogen and oxygen atoms in total. The third-order valence-electron chi connectivity index (χ3n) is 3.80. The second-order valence-corrected chi connectivity index (χ2v) is 5.71. The number of halogens is 1. The minimum absolute atomic E-state index is 0.0957. The number of nitrogen functional groups attached to an aromatic ring is 1. The van der Waals surface area contributed by atoms with Crippen molar-refractivity contribution in [2.75, 3.05) is 12.3 Å². The fraction of sp³-hybridized carbons (Fsp3) is 0.500. The molecule has 1 saturated carbocycles. The zero-order chi connectivity index (χ0) is 13.4. The van der Waals surface area contributed by atoms with Crippen LogP contribution in [0.5, 0.6) is 0 Å². The van der Waals surface area contributed by atoms with Crippen LogP contribution in [-0.2, 0) is 4.74 Å². The normalized spacial score (nSPS) is 26.4. The topological polar surface area (TPSA) is 64.4 Å². The Morgan fingerprint density at radius 3 is 2.89 bits per heavy atom. The Morgan fingerprint density at radius 2 is 2.16 bits per heavy atom. The maximum Gasteiger partial charge on any atom is 0.253 e. The molecule has 1 aromatic carbocycles. The Balaban J connectivity index is 1.72. The van der Waals surface area contributed by atoms with Crippen LogP contribution in [0, 0.1) is 5.92 Å². The van der Waals surface area contributed by atoms with E-state index in [4.69, 9.17) is 22.1 Å². The number of anilines is 1. The molecule has 1 saturated heterocycles. The van der Waals surface area contributed by atoms with E-state index in [-0.39, 0.29) is 18.1 Å². The van der Waals surface area contributed by atoms with Crippen LogP contribution in [0.1, 0.15) is 29.6 Å².